The molecule has 0 aliphatic heterocycles. The van der Waals surface area contributed by atoms with E-state index < -0.39 is 32.8 Å². The van der Waals surface area contributed by atoms with Crippen LogP contribution in [0.25, 0.3) is 0 Å². The molecule has 0 saturated heterocycles. The third kappa shape index (κ3) is 3.43. The lowest BCUT2D eigenvalue weighted by Crippen LogP contribution is -2.15. The number of hydrogen-bond acceptors (Lipinski definition) is 6. The van der Waals surface area contributed by atoms with Crippen LogP contribution >= 0.6 is 11.6 Å². The van der Waals surface area contributed by atoms with Crippen molar-refractivity contribution in [1.82, 2.24) is 9.78 Å². The number of nitro benzene ring substituents is 1. The molecule has 2 aromatic rings. The molecule has 0 bridgehead atoms. The third-order valence-corrected chi connectivity index (χ3v) is 3.12. The van der Waals surface area contributed by atoms with Gasteiger partial charge in [0.1, 0.15) is 11.9 Å². The van der Waals surface area contributed by atoms with Crippen LogP contribution < -0.4 is 5.32 Å². The van der Waals surface area contributed by atoms with E-state index in [-0.39, 0.29) is 10.7 Å². The van der Waals surface area contributed by atoms with Crippen molar-refractivity contribution in [1.29, 1.82) is 0 Å². The lowest BCUT2D eigenvalue weighted by molar-refractivity contribution is -0.385. The Labute approximate surface area is 134 Å². The maximum absolute atomic E-state index is 12.2. The van der Waals surface area contributed by atoms with Gasteiger partial charge in [0.2, 0.25) is 5.69 Å². The van der Waals surface area contributed by atoms with E-state index in [4.69, 9.17) is 11.6 Å². The van der Waals surface area contributed by atoms with E-state index in [1.807, 2.05) is 0 Å². The average molecular weight is 340 g/mol. The lowest BCUT2D eigenvalue weighted by atomic mass is 10.2. The molecule has 0 fully saturated rings. The van der Waals surface area contributed by atoms with Gasteiger partial charge in [0.05, 0.1) is 9.85 Å². The molecule has 10 nitrogen and oxygen atoms in total. The smallest absolute Gasteiger partial charge is 0.315 e. The van der Waals surface area contributed by atoms with Gasteiger partial charge < -0.3 is 5.32 Å². The van der Waals surface area contributed by atoms with Gasteiger partial charge in [-0.2, -0.15) is 5.10 Å². The van der Waals surface area contributed by atoms with E-state index in [1.54, 1.807) is 6.92 Å². The van der Waals surface area contributed by atoms with Crippen molar-refractivity contribution in [2.45, 2.75) is 13.5 Å². The van der Waals surface area contributed by atoms with E-state index in [0.717, 1.165) is 12.3 Å². The van der Waals surface area contributed by atoms with E-state index >= 15 is 0 Å². The highest BCUT2D eigenvalue weighted by Gasteiger charge is 2.27. The number of hydrogen-bond donors (Lipinski definition) is 1. The van der Waals surface area contributed by atoms with Crippen molar-refractivity contribution < 1.29 is 14.6 Å². The minimum atomic E-state index is -0.922. The number of halogens is 1. The molecule has 0 aliphatic carbocycles. The number of amides is 1. The molecule has 1 heterocycles. The Morgan fingerprint density at radius 1 is 1.30 bits per heavy atom. The maximum atomic E-state index is 12.2. The van der Waals surface area contributed by atoms with Gasteiger partial charge in [-0.15, -0.1) is 0 Å². The van der Waals surface area contributed by atoms with Crippen molar-refractivity contribution in [2.75, 3.05) is 5.32 Å². The molecule has 1 aromatic heterocycles. The highest BCUT2D eigenvalue weighted by molar-refractivity contribution is 6.31. The number of carbonyl (C=O) groups excluding carboxylic acids is 1. The van der Waals surface area contributed by atoms with Crippen LogP contribution in [0.5, 0.6) is 0 Å². The number of nitrogens with zero attached hydrogens (tertiary/aromatic N) is 4. The molecule has 0 saturated carbocycles. The standard InChI is InChI=1S/C12H10ClN5O5/c1-2-16-6-10(18(22)23)11(15-16)12(19)14-8-4-3-7(13)5-9(8)17(20)21/h3-6H,2H2,1H3,(H,14,19). The summed E-state index contributed by atoms with van der Waals surface area (Å²) in [6, 6.07) is 3.65. The monoisotopic (exact) mass is 339 g/mol. The zero-order valence-corrected chi connectivity index (χ0v) is 12.5. The maximum Gasteiger partial charge on any atom is 0.320 e. The van der Waals surface area contributed by atoms with Crippen molar-refractivity contribution in [2.24, 2.45) is 0 Å². The summed E-state index contributed by atoms with van der Waals surface area (Å²) in [5.41, 5.74) is -1.48. The second kappa shape index (κ2) is 6.40. The summed E-state index contributed by atoms with van der Waals surface area (Å²) in [4.78, 5) is 32.7. The molecule has 0 spiro atoms. The van der Waals surface area contributed by atoms with Crippen molar-refractivity contribution in [3.8, 4) is 0 Å². The quantitative estimate of drug-likeness (QED) is 0.657. The topological polar surface area (TPSA) is 133 Å². The average Bonchev–Trinajstić information content (AvgIpc) is 2.93. The molecule has 0 unspecified atom stereocenters. The summed E-state index contributed by atoms with van der Waals surface area (Å²) >= 11 is 5.68. The molecule has 0 atom stereocenters. The zero-order valence-electron chi connectivity index (χ0n) is 11.7. The molecule has 0 radical (unpaired) electrons. The third-order valence-electron chi connectivity index (χ3n) is 2.88. The highest BCUT2D eigenvalue weighted by Crippen LogP contribution is 2.28. The van der Waals surface area contributed by atoms with Crippen molar-refractivity contribution in [3.05, 3.63) is 55.3 Å². The van der Waals surface area contributed by atoms with E-state index in [9.17, 15) is 25.0 Å². The Balaban J connectivity index is 2.39. The number of aryl methyl sites for hydroxylation is 1. The van der Waals surface area contributed by atoms with E-state index in [0.29, 0.717) is 6.54 Å². The van der Waals surface area contributed by atoms with Gasteiger partial charge in [-0.1, -0.05) is 11.6 Å². The summed E-state index contributed by atoms with van der Waals surface area (Å²) in [6.07, 6.45) is 1.12. The fourth-order valence-corrected chi connectivity index (χ4v) is 1.98. The van der Waals surface area contributed by atoms with Gasteiger partial charge in [0.15, 0.2) is 0 Å². The first-order valence-electron chi connectivity index (χ1n) is 6.30. The highest BCUT2D eigenvalue weighted by atomic mass is 35.5. The first kappa shape index (κ1) is 16.4. The lowest BCUT2D eigenvalue weighted by Gasteiger charge is -2.04. The SMILES string of the molecule is CCn1cc([N+](=O)[O-])c(C(=O)Nc2ccc(Cl)cc2[N+](=O)[O-])n1. The van der Waals surface area contributed by atoms with Crippen LogP contribution in [0, 0.1) is 20.2 Å². The van der Waals surface area contributed by atoms with Gasteiger partial charge in [-0.25, -0.2) is 0 Å². The summed E-state index contributed by atoms with van der Waals surface area (Å²) in [5, 5.41) is 28.1. The summed E-state index contributed by atoms with van der Waals surface area (Å²) in [5.74, 6) is -0.922. The van der Waals surface area contributed by atoms with Crippen LogP contribution in [0.4, 0.5) is 17.1 Å². The largest absolute Gasteiger partial charge is 0.320 e. The summed E-state index contributed by atoms with van der Waals surface area (Å²) in [6.45, 7) is 2.03. The van der Waals surface area contributed by atoms with Crippen LogP contribution in [0.2, 0.25) is 5.02 Å². The minimum absolute atomic E-state index is 0.121. The van der Waals surface area contributed by atoms with Crippen molar-refractivity contribution in [3.63, 3.8) is 0 Å². The molecule has 1 aromatic carbocycles. The number of benzene rings is 1. The fourth-order valence-electron chi connectivity index (χ4n) is 1.81. The number of nitrogens with one attached hydrogen (secondary N) is 1. The Bertz CT molecular complexity index is 803. The predicted molar refractivity (Wildman–Crippen MR) is 80.6 cm³/mol. The van der Waals surface area contributed by atoms with E-state index in [1.165, 1.54) is 16.8 Å². The molecule has 2 rings (SSSR count). The molecular formula is C12H10ClN5O5. The van der Waals surface area contributed by atoms with Crippen LogP contribution in [0.15, 0.2) is 24.4 Å². The minimum Gasteiger partial charge on any atom is -0.315 e. The molecular weight excluding hydrogens is 330 g/mol. The van der Waals surface area contributed by atoms with Gasteiger partial charge in [-0.3, -0.25) is 29.7 Å². The number of aromatic nitrogens is 2. The van der Waals surface area contributed by atoms with Crippen LogP contribution in [-0.2, 0) is 6.54 Å². The van der Waals surface area contributed by atoms with Gasteiger partial charge in [-0.05, 0) is 19.1 Å². The van der Waals surface area contributed by atoms with Crippen LogP contribution in [-0.4, -0.2) is 25.5 Å². The predicted octanol–water partition coefficient (Wildman–Crippen LogP) is 2.63. The summed E-state index contributed by atoms with van der Waals surface area (Å²) < 4.78 is 1.23. The Morgan fingerprint density at radius 3 is 2.52 bits per heavy atom. The van der Waals surface area contributed by atoms with Gasteiger partial charge >= 0.3 is 5.69 Å². The molecule has 1 N–H and O–H groups in total. The number of anilines is 1. The first-order valence-corrected chi connectivity index (χ1v) is 6.68. The summed E-state index contributed by atoms with van der Waals surface area (Å²) in [7, 11) is 0. The normalized spacial score (nSPS) is 10.3. The molecule has 120 valence electrons. The van der Waals surface area contributed by atoms with Gasteiger partial charge in [0.25, 0.3) is 11.6 Å². The van der Waals surface area contributed by atoms with Crippen LogP contribution in [0.3, 0.4) is 0 Å². The Kier molecular flexibility index (Phi) is 4.55. The first-order chi connectivity index (χ1) is 10.8. The Hall–Kier alpha value is -3.01. The van der Waals surface area contributed by atoms with Crippen LogP contribution in [0.1, 0.15) is 17.4 Å². The molecule has 11 heteroatoms. The fraction of sp³-hybridized carbons (Fsp3) is 0.167. The molecule has 0 aliphatic rings. The van der Waals surface area contributed by atoms with E-state index in [2.05, 4.69) is 10.4 Å². The molecule has 23 heavy (non-hydrogen) atoms. The number of carbonyl (C=O) groups is 1. The number of nitro groups is 2. The van der Waals surface area contributed by atoms with Gasteiger partial charge in [0, 0.05) is 17.6 Å². The Morgan fingerprint density at radius 2 is 1.96 bits per heavy atom. The van der Waals surface area contributed by atoms with Crippen molar-refractivity contribution >= 4 is 34.6 Å². The molecule has 1 amide bonds. The zero-order chi connectivity index (χ0) is 17.1. The number of rotatable bonds is 5. The second-order valence-corrected chi connectivity index (χ2v) is 4.78. The second-order valence-electron chi connectivity index (χ2n) is 4.35.